The molecule has 0 fully saturated rings. The Labute approximate surface area is 99.7 Å². The molecule has 2 aromatic rings. The number of benzene rings is 2. The van der Waals surface area contributed by atoms with E-state index in [9.17, 15) is 22.0 Å². The van der Waals surface area contributed by atoms with Crippen LogP contribution in [0.4, 0.5) is 22.0 Å². The summed E-state index contributed by atoms with van der Waals surface area (Å²) in [4.78, 5) is 0. The minimum atomic E-state index is -4.60. The first kappa shape index (κ1) is 12.5. The van der Waals surface area contributed by atoms with Gasteiger partial charge in [0.15, 0.2) is 0 Å². The standard InChI is InChI=1S/C13H7F5/c14-10-3-1-2-8(6-10)11-5-4-9(7-12(11)15)13(16,17)18/h1-7H. The van der Waals surface area contributed by atoms with Gasteiger partial charge in [-0.1, -0.05) is 18.2 Å². The molecule has 0 aliphatic rings. The maximum Gasteiger partial charge on any atom is 0.416 e. The molecule has 5 heteroatoms. The van der Waals surface area contributed by atoms with Crippen LogP contribution in [-0.4, -0.2) is 0 Å². The second-order valence-electron chi connectivity index (χ2n) is 3.70. The van der Waals surface area contributed by atoms with Crippen LogP contribution in [0, 0.1) is 11.6 Å². The van der Waals surface area contributed by atoms with Gasteiger partial charge in [-0.25, -0.2) is 8.78 Å². The van der Waals surface area contributed by atoms with E-state index in [1.165, 1.54) is 18.2 Å². The monoisotopic (exact) mass is 258 g/mol. The summed E-state index contributed by atoms with van der Waals surface area (Å²) < 4.78 is 63.5. The van der Waals surface area contributed by atoms with Gasteiger partial charge in [-0.2, -0.15) is 13.2 Å². The molecule has 0 aliphatic heterocycles. The molecule has 0 amide bonds. The lowest BCUT2D eigenvalue weighted by molar-refractivity contribution is -0.137. The van der Waals surface area contributed by atoms with Crippen molar-refractivity contribution in [1.82, 2.24) is 0 Å². The Morgan fingerprint density at radius 1 is 0.833 bits per heavy atom. The molecule has 0 N–H and O–H groups in total. The van der Waals surface area contributed by atoms with E-state index in [0.29, 0.717) is 6.07 Å². The Hall–Kier alpha value is -1.91. The average Bonchev–Trinajstić information content (AvgIpc) is 2.27. The minimum absolute atomic E-state index is 0.0671. The fourth-order valence-corrected chi connectivity index (χ4v) is 1.58. The third-order valence-corrected chi connectivity index (χ3v) is 2.43. The van der Waals surface area contributed by atoms with E-state index in [1.54, 1.807) is 0 Å². The topological polar surface area (TPSA) is 0 Å². The highest BCUT2D eigenvalue weighted by Gasteiger charge is 2.31. The maximum atomic E-state index is 13.6. The molecule has 0 spiro atoms. The van der Waals surface area contributed by atoms with Gasteiger partial charge in [-0.15, -0.1) is 0 Å². The zero-order chi connectivity index (χ0) is 13.3. The maximum absolute atomic E-state index is 13.6. The van der Waals surface area contributed by atoms with Crippen LogP contribution in [0.5, 0.6) is 0 Å². The van der Waals surface area contributed by atoms with Gasteiger partial charge in [0, 0.05) is 5.56 Å². The van der Waals surface area contributed by atoms with Crippen molar-refractivity contribution in [3.63, 3.8) is 0 Å². The van der Waals surface area contributed by atoms with Crippen molar-refractivity contribution < 1.29 is 22.0 Å². The van der Waals surface area contributed by atoms with Crippen molar-refractivity contribution in [1.29, 1.82) is 0 Å². The number of alkyl halides is 3. The van der Waals surface area contributed by atoms with E-state index >= 15 is 0 Å². The summed E-state index contributed by atoms with van der Waals surface area (Å²) in [6, 6.07) is 7.18. The van der Waals surface area contributed by atoms with Gasteiger partial charge in [0.05, 0.1) is 5.56 Å². The van der Waals surface area contributed by atoms with Gasteiger partial charge < -0.3 is 0 Å². The van der Waals surface area contributed by atoms with Crippen LogP contribution >= 0.6 is 0 Å². The molecule has 2 rings (SSSR count). The molecule has 0 radical (unpaired) electrons. The molecule has 0 nitrogen and oxygen atoms in total. The molecule has 0 atom stereocenters. The van der Waals surface area contributed by atoms with Gasteiger partial charge in [-0.3, -0.25) is 0 Å². The van der Waals surface area contributed by atoms with E-state index in [2.05, 4.69) is 0 Å². The number of rotatable bonds is 1. The molecule has 0 heterocycles. The van der Waals surface area contributed by atoms with Gasteiger partial charge in [0.2, 0.25) is 0 Å². The Bertz CT molecular complexity index is 572. The van der Waals surface area contributed by atoms with Crippen LogP contribution in [0.3, 0.4) is 0 Å². The molecular formula is C13H7F5. The third-order valence-electron chi connectivity index (χ3n) is 2.43. The second-order valence-corrected chi connectivity index (χ2v) is 3.70. The largest absolute Gasteiger partial charge is 0.416 e. The Morgan fingerprint density at radius 3 is 2.11 bits per heavy atom. The van der Waals surface area contributed by atoms with Crippen molar-refractivity contribution in [2.45, 2.75) is 6.18 Å². The predicted octanol–water partition coefficient (Wildman–Crippen LogP) is 4.65. The molecule has 18 heavy (non-hydrogen) atoms. The summed E-state index contributed by atoms with van der Waals surface area (Å²) in [5, 5.41) is 0. The van der Waals surface area contributed by atoms with E-state index in [4.69, 9.17) is 0 Å². The molecule has 0 saturated carbocycles. The summed E-state index contributed by atoms with van der Waals surface area (Å²) in [6.45, 7) is 0. The van der Waals surface area contributed by atoms with Crippen LogP contribution in [0.1, 0.15) is 5.56 Å². The van der Waals surface area contributed by atoms with Gasteiger partial charge in [0.1, 0.15) is 11.6 Å². The van der Waals surface area contributed by atoms with Crippen LogP contribution in [0.2, 0.25) is 0 Å². The molecule has 0 unspecified atom stereocenters. The Balaban J connectivity index is 2.48. The van der Waals surface area contributed by atoms with Gasteiger partial charge >= 0.3 is 6.18 Å². The van der Waals surface area contributed by atoms with Gasteiger partial charge in [0.25, 0.3) is 0 Å². The lowest BCUT2D eigenvalue weighted by Crippen LogP contribution is -2.05. The van der Waals surface area contributed by atoms with E-state index in [1.807, 2.05) is 0 Å². The summed E-state index contributed by atoms with van der Waals surface area (Å²) in [5.41, 5.74) is -0.941. The van der Waals surface area contributed by atoms with Crippen molar-refractivity contribution >= 4 is 0 Å². The number of halogens is 5. The molecule has 0 aliphatic carbocycles. The lowest BCUT2D eigenvalue weighted by Gasteiger charge is -2.09. The number of hydrogen-bond acceptors (Lipinski definition) is 0. The summed E-state index contributed by atoms with van der Waals surface area (Å²) in [6.07, 6.45) is -4.60. The van der Waals surface area contributed by atoms with Gasteiger partial charge in [-0.05, 0) is 29.8 Å². The molecule has 94 valence electrons. The fraction of sp³-hybridized carbons (Fsp3) is 0.0769. The quantitative estimate of drug-likeness (QED) is 0.653. The van der Waals surface area contributed by atoms with E-state index in [-0.39, 0.29) is 11.1 Å². The highest BCUT2D eigenvalue weighted by atomic mass is 19.4. The smallest absolute Gasteiger partial charge is 0.207 e. The van der Waals surface area contributed by atoms with E-state index < -0.39 is 23.4 Å². The molecule has 0 bridgehead atoms. The summed E-state index contributed by atoms with van der Waals surface area (Å²) in [5.74, 6) is -1.61. The van der Waals surface area contributed by atoms with E-state index in [0.717, 1.165) is 18.2 Å². The first-order valence-electron chi connectivity index (χ1n) is 5.00. The van der Waals surface area contributed by atoms with Crippen molar-refractivity contribution in [3.05, 3.63) is 59.7 Å². The predicted molar refractivity (Wildman–Crippen MR) is 56.8 cm³/mol. The highest BCUT2D eigenvalue weighted by Crippen LogP contribution is 2.32. The molecular weight excluding hydrogens is 251 g/mol. The Kier molecular flexibility index (Phi) is 3.07. The summed E-state index contributed by atoms with van der Waals surface area (Å²) in [7, 11) is 0. The van der Waals surface area contributed by atoms with Crippen molar-refractivity contribution in [2.75, 3.05) is 0 Å². The lowest BCUT2D eigenvalue weighted by atomic mass is 10.0. The fourth-order valence-electron chi connectivity index (χ4n) is 1.58. The molecule has 0 saturated heterocycles. The first-order valence-corrected chi connectivity index (χ1v) is 5.00. The van der Waals surface area contributed by atoms with Crippen molar-refractivity contribution in [2.24, 2.45) is 0 Å². The zero-order valence-corrected chi connectivity index (χ0v) is 8.93. The summed E-state index contributed by atoms with van der Waals surface area (Å²) >= 11 is 0. The minimum Gasteiger partial charge on any atom is -0.207 e. The third kappa shape index (κ3) is 2.50. The van der Waals surface area contributed by atoms with Crippen LogP contribution in [0.15, 0.2) is 42.5 Å². The SMILES string of the molecule is Fc1cccc(-c2ccc(C(F)(F)F)cc2F)c1. The normalized spacial score (nSPS) is 11.6. The Morgan fingerprint density at radius 2 is 1.56 bits per heavy atom. The molecule has 0 aromatic heterocycles. The van der Waals surface area contributed by atoms with Crippen molar-refractivity contribution in [3.8, 4) is 11.1 Å². The first-order chi connectivity index (χ1) is 8.38. The van der Waals surface area contributed by atoms with Crippen LogP contribution in [0.25, 0.3) is 11.1 Å². The van der Waals surface area contributed by atoms with Crippen LogP contribution in [-0.2, 0) is 6.18 Å². The molecule has 2 aromatic carbocycles. The number of hydrogen-bond donors (Lipinski definition) is 0. The van der Waals surface area contributed by atoms with Crippen LogP contribution < -0.4 is 0 Å². The zero-order valence-electron chi connectivity index (χ0n) is 8.93. The average molecular weight is 258 g/mol. The highest BCUT2D eigenvalue weighted by molar-refractivity contribution is 5.64. The second kappa shape index (κ2) is 4.40.